The predicted octanol–water partition coefficient (Wildman–Crippen LogP) is 4.99. The molecule has 0 aliphatic carbocycles. The summed E-state index contributed by atoms with van der Waals surface area (Å²) in [5.74, 6) is 0.484. The van der Waals surface area contributed by atoms with Crippen LogP contribution in [0.25, 0.3) is 0 Å². The van der Waals surface area contributed by atoms with Gasteiger partial charge in [-0.1, -0.05) is 45.4 Å². The van der Waals surface area contributed by atoms with Crippen LogP contribution < -0.4 is 20.3 Å². The highest BCUT2D eigenvalue weighted by atomic mass is 19.1. The number of ether oxygens (including phenoxy) is 1. The number of aromatic amines is 1. The van der Waals surface area contributed by atoms with E-state index in [4.69, 9.17) is 4.74 Å². The van der Waals surface area contributed by atoms with E-state index in [1.54, 1.807) is 0 Å². The van der Waals surface area contributed by atoms with E-state index in [1.807, 2.05) is 31.2 Å². The van der Waals surface area contributed by atoms with Crippen molar-refractivity contribution in [2.75, 3.05) is 28.6 Å². The van der Waals surface area contributed by atoms with Gasteiger partial charge in [0, 0.05) is 30.9 Å². The molecule has 10 heteroatoms. The van der Waals surface area contributed by atoms with E-state index in [2.05, 4.69) is 63.9 Å². The van der Waals surface area contributed by atoms with Crippen LogP contribution in [-0.2, 0) is 6.61 Å². The molecule has 0 aliphatic heterocycles. The molecular weight excluding hydrogens is 437 g/mol. The Labute approximate surface area is 199 Å². The van der Waals surface area contributed by atoms with Crippen LogP contribution >= 0.6 is 0 Å². The lowest BCUT2D eigenvalue weighted by Gasteiger charge is -2.30. The molecule has 34 heavy (non-hydrogen) atoms. The van der Waals surface area contributed by atoms with Gasteiger partial charge in [-0.2, -0.15) is 0 Å². The topological polar surface area (TPSA) is 108 Å². The third-order valence-electron chi connectivity index (χ3n) is 4.87. The molecule has 0 atom stereocenters. The zero-order valence-corrected chi connectivity index (χ0v) is 20.2. The number of halogens is 1. The number of carbonyl (C=O) groups excluding carboxylic acids is 1. The SMILES string of the molecule is Cc1ccc(NC(=O)Nc2cc(OCc3nnn[nH]3)c(F)cc2N(CC(C)C)CC(C)C)cc1. The monoisotopic (exact) mass is 469 g/mol. The Kier molecular flexibility index (Phi) is 8.39. The molecule has 0 radical (unpaired) electrons. The van der Waals surface area contributed by atoms with E-state index < -0.39 is 11.8 Å². The fourth-order valence-corrected chi connectivity index (χ4v) is 3.48. The molecule has 2 aromatic carbocycles. The van der Waals surface area contributed by atoms with Crippen molar-refractivity contribution in [2.45, 2.75) is 41.2 Å². The molecule has 0 fully saturated rings. The van der Waals surface area contributed by atoms with Crippen molar-refractivity contribution in [3.8, 4) is 5.75 Å². The summed E-state index contributed by atoms with van der Waals surface area (Å²) in [5.41, 5.74) is 2.78. The molecule has 1 heterocycles. The van der Waals surface area contributed by atoms with Gasteiger partial charge in [-0.25, -0.2) is 14.3 Å². The van der Waals surface area contributed by atoms with Crippen molar-refractivity contribution in [1.82, 2.24) is 20.6 Å². The number of benzene rings is 2. The predicted molar refractivity (Wildman–Crippen MR) is 131 cm³/mol. The summed E-state index contributed by atoms with van der Waals surface area (Å²) in [7, 11) is 0. The molecule has 0 spiro atoms. The number of amides is 2. The van der Waals surface area contributed by atoms with Crippen LogP contribution in [0.5, 0.6) is 5.75 Å². The first-order valence-electron chi connectivity index (χ1n) is 11.3. The van der Waals surface area contributed by atoms with Gasteiger partial charge >= 0.3 is 6.03 Å². The molecule has 0 saturated carbocycles. The first-order valence-corrected chi connectivity index (χ1v) is 11.3. The zero-order chi connectivity index (χ0) is 24.7. The molecule has 3 N–H and O–H groups in total. The summed E-state index contributed by atoms with van der Waals surface area (Å²) in [6, 6.07) is 9.94. The number of hydrogen-bond donors (Lipinski definition) is 3. The number of tetrazole rings is 1. The standard InChI is InChI=1S/C24H32FN7O2/c1-15(2)12-32(13-16(3)4)21-10-19(25)22(34-14-23-28-30-31-29-23)11-20(21)27-24(33)26-18-8-6-17(5)7-9-18/h6-11,15-16H,12-14H2,1-5H3,(H2,26,27,33)(H,28,29,30,31). The van der Waals surface area contributed by atoms with Crippen LogP contribution in [0, 0.1) is 24.6 Å². The Balaban J connectivity index is 1.90. The van der Waals surface area contributed by atoms with Gasteiger partial charge in [-0.05, 0) is 41.3 Å². The highest BCUT2D eigenvalue weighted by Gasteiger charge is 2.20. The first kappa shape index (κ1) is 24.9. The average molecular weight is 470 g/mol. The van der Waals surface area contributed by atoms with Crippen molar-refractivity contribution in [3.05, 3.63) is 53.6 Å². The normalized spacial score (nSPS) is 11.1. The Bertz CT molecular complexity index is 1060. The van der Waals surface area contributed by atoms with E-state index in [1.165, 1.54) is 12.1 Å². The second kappa shape index (κ2) is 11.4. The molecule has 0 bridgehead atoms. The van der Waals surface area contributed by atoms with E-state index in [9.17, 15) is 4.79 Å². The van der Waals surface area contributed by atoms with Crippen molar-refractivity contribution >= 4 is 23.1 Å². The zero-order valence-electron chi connectivity index (χ0n) is 20.2. The number of anilines is 3. The van der Waals surface area contributed by atoms with E-state index in [-0.39, 0.29) is 12.4 Å². The third kappa shape index (κ3) is 7.16. The molecule has 182 valence electrons. The largest absolute Gasteiger partial charge is 0.482 e. The van der Waals surface area contributed by atoms with Gasteiger partial charge in [0.25, 0.3) is 0 Å². The van der Waals surface area contributed by atoms with Crippen LogP contribution in [0.1, 0.15) is 39.1 Å². The number of urea groups is 1. The minimum Gasteiger partial charge on any atom is -0.482 e. The summed E-state index contributed by atoms with van der Waals surface area (Å²) in [6.45, 7) is 11.7. The smallest absolute Gasteiger partial charge is 0.323 e. The van der Waals surface area contributed by atoms with Gasteiger partial charge < -0.3 is 20.3 Å². The minimum atomic E-state index is -0.538. The van der Waals surface area contributed by atoms with Crippen LogP contribution in [0.15, 0.2) is 36.4 Å². The lowest BCUT2D eigenvalue weighted by atomic mass is 10.1. The number of hydrogen-bond acceptors (Lipinski definition) is 6. The summed E-state index contributed by atoms with van der Waals surface area (Å²) in [5, 5.41) is 19.0. The highest BCUT2D eigenvalue weighted by molar-refractivity contribution is 6.02. The second-order valence-corrected chi connectivity index (χ2v) is 9.07. The Hall–Kier alpha value is -3.69. The fourth-order valence-electron chi connectivity index (χ4n) is 3.48. The first-order chi connectivity index (χ1) is 16.2. The number of H-pyrrole nitrogens is 1. The van der Waals surface area contributed by atoms with Gasteiger partial charge in [0.1, 0.15) is 6.61 Å². The molecule has 3 aromatic rings. The summed E-state index contributed by atoms with van der Waals surface area (Å²) in [6.07, 6.45) is 0. The van der Waals surface area contributed by atoms with Gasteiger partial charge in [0.15, 0.2) is 17.4 Å². The molecule has 9 nitrogen and oxygen atoms in total. The Morgan fingerprint density at radius 1 is 1.09 bits per heavy atom. The number of aromatic nitrogens is 4. The van der Waals surface area contributed by atoms with E-state index in [0.29, 0.717) is 47.8 Å². The summed E-state index contributed by atoms with van der Waals surface area (Å²) < 4.78 is 20.7. The summed E-state index contributed by atoms with van der Waals surface area (Å²) in [4.78, 5) is 14.9. The molecule has 0 saturated heterocycles. The maximum atomic E-state index is 15.1. The Morgan fingerprint density at radius 3 is 2.35 bits per heavy atom. The van der Waals surface area contributed by atoms with Gasteiger partial charge in [-0.3, -0.25) is 0 Å². The van der Waals surface area contributed by atoms with Crippen LogP contribution in [0.3, 0.4) is 0 Å². The van der Waals surface area contributed by atoms with Crippen molar-refractivity contribution in [2.24, 2.45) is 11.8 Å². The van der Waals surface area contributed by atoms with Crippen molar-refractivity contribution < 1.29 is 13.9 Å². The number of aryl methyl sites for hydroxylation is 1. The fraction of sp³-hybridized carbons (Fsp3) is 0.417. The van der Waals surface area contributed by atoms with Gasteiger partial charge in [0.05, 0.1) is 11.4 Å². The summed E-state index contributed by atoms with van der Waals surface area (Å²) >= 11 is 0. The minimum absolute atomic E-state index is 0.0140. The number of nitrogens with zero attached hydrogens (tertiary/aromatic N) is 4. The molecule has 0 aliphatic rings. The maximum absolute atomic E-state index is 15.1. The molecule has 3 rings (SSSR count). The van der Waals surface area contributed by atoms with Crippen LogP contribution in [0.4, 0.5) is 26.2 Å². The number of rotatable bonds is 10. The second-order valence-electron chi connectivity index (χ2n) is 9.07. The van der Waals surface area contributed by atoms with Gasteiger partial charge in [0.2, 0.25) is 0 Å². The third-order valence-corrected chi connectivity index (χ3v) is 4.87. The number of nitrogens with one attached hydrogen (secondary N) is 3. The average Bonchev–Trinajstić information content (AvgIpc) is 3.28. The highest BCUT2D eigenvalue weighted by Crippen LogP contribution is 2.34. The van der Waals surface area contributed by atoms with Crippen molar-refractivity contribution in [1.29, 1.82) is 0 Å². The van der Waals surface area contributed by atoms with Crippen LogP contribution in [-0.4, -0.2) is 39.7 Å². The lowest BCUT2D eigenvalue weighted by molar-refractivity contribution is 0.262. The molecule has 0 unspecified atom stereocenters. The molecular formula is C24H32FN7O2. The maximum Gasteiger partial charge on any atom is 0.323 e. The van der Waals surface area contributed by atoms with Crippen molar-refractivity contribution in [3.63, 3.8) is 0 Å². The van der Waals surface area contributed by atoms with E-state index >= 15 is 4.39 Å². The lowest BCUT2D eigenvalue weighted by Crippen LogP contribution is -2.32. The van der Waals surface area contributed by atoms with Gasteiger partial charge in [-0.15, -0.1) is 5.10 Å². The number of carbonyl (C=O) groups is 1. The Morgan fingerprint density at radius 2 is 1.76 bits per heavy atom. The molecule has 2 amide bonds. The van der Waals surface area contributed by atoms with E-state index in [0.717, 1.165) is 5.56 Å². The molecule has 1 aromatic heterocycles. The quantitative estimate of drug-likeness (QED) is 0.386. The van der Waals surface area contributed by atoms with Crippen LogP contribution in [0.2, 0.25) is 0 Å².